The fourth-order valence-electron chi connectivity index (χ4n) is 2.65. The summed E-state index contributed by atoms with van der Waals surface area (Å²) in [6.45, 7) is 1.98. The number of fused-ring (bicyclic) bond motifs is 1. The average molecular weight is 276 g/mol. The molecule has 3 aromatic rings. The Labute approximate surface area is 126 Å². The number of aromatic nitrogens is 1. The molecule has 0 bridgehead atoms. The molecule has 0 aliphatic rings. The predicted molar refractivity (Wildman–Crippen MR) is 88.2 cm³/mol. The van der Waals surface area contributed by atoms with E-state index in [1.165, 1.54) is 16.3 Å². The van der Waals surface area contributed by atoms with Crippen LogP contribution in [0.5, 0.6) is 0 Å². The number of rotatable bonds is 5. The number of hydrogen-bond acceptors (Lipinski definition) is 2. The number of nitrogens with zero attached hydrogens (tertiary/aromatic N) is 2. The van der Waals surface area contributed by atoms with Gasteiger partial charge in [0.05, 0.1) is 0 Å². The number of hydrogen-bond donors (Lipinski definition) is 0. The second-order valence-corrected chi connectivity index (χ2v) is 5.45. The van der Waals surface area contributed by atoms with Crippen LogP contribution >= 0.6 is 0 Å². The van der Waals surface area contributed by atoms with Crippen LogP contribution in [0.25, 0.3) is 10.8 Å². The van der Waals surface area contributed by atoms with Crippen LogP contribution in [0.2, 0.25) is 0 Å². The molecule has 0 radical (unpaired) electrons. The molecule has 0 spiro atoms. The van der Waals surface area contributed by atoms with E-state index in [0.29, 0.717) is 0 Å². The van der Waals surface area contributed by atoms with E-state index >= 15 is 0 Å². The summed E-state index contributed by atoms with van der Waals surface area (Å²) in [6, 6.07) is 21.2. The summed E-state index contributed by atoms with van der Waals surface area (Å²) in [5.41, 5.74) is 2.54. The molecule has 0 N–H and O–H groups in total. The Morgan fingerprint density at radius 1 is 0.905 bits per heavy atom. The lowest BCUT2D eigenvalue weighted by Gasteiger charge is -2.17. The molecule has 2 aromatic carbocycles. The predicted octanol–water partition coefficient (Wildman–Crippen LogP) is 3.91. The van der Waals surface area contributed by atoms with Crippen molar-refractivity contribution in [3.8, 4) is 0 Å². The smallest absolute Gasteiger partial charge is 0.0416 e. The van der Waals surface area contributed by atoms with E-state index < -0.39 is 0 Å². The van der Waals surface area contributed by atoms with Crippen LogP contribution in [0.3, 0.4) is 0 Å². The van der Waals surface area contributed by atoms with Crippen LogP contribution < -0.4 is 0 Å². The summed E-state index contributed by atoms with van der Waals surface area (Å²) in [6.07, 6.45) is 2.85. The molecule has 0 aliphatic heterocycles. The Bertz CT molecular complexity index is 702. The van der Waals surface area contributed by atoms with Crippen molar-refractivity contribution < 1.29 is 0 Å². The van der Waals surface area contributed by atoms with E-state index in [4.69, 9.17) is 0 Å². The Morgan fingerprint density at radius 3 is 2.57 bits per heavy atom. The first-order valence-electron chi connectivity index (χ1n) is 7.38. The third-order valence-corrected chi connectivity index (χ3v) is 3.80. The van der Waals surface area contributed by atoms with Gasteiger partial charge >= 0.3 is 0 Å². The normalized spacial score (nSPS) is 11.1. The van der Waals surface area contributed by atoms with Gasteiger partial charge in [0, 0.05) is 31.4 Å². The van der Waals surface area contributed by atoms with Crippen molar-refractivity contribution in [3.05, 3.63) is 78.1 Å². The van der Waals surface area contributed by atoms with E-state index in [9.17, 15) is 0 Å². The SMILES string of the molecule is CN(CCc1ccccn1)Cc1cccc2ccccc12. The maximum Gasteiger partial charge on any atom is 0.0416 e. The maximum atomic E-state index is 4.38. The summed E-state index contributed by atoms with van der Waals surface area (Å²) >= 11 is 0. The second kappa shape index (κ2) is 6.51. The highest BCUT2D eigenvalue weighted by Gasteiger charge is 2.05. The molecule has 0 atom stereocenters. The Morgan fingerprint density at radius 2 is 1.71 bits per heavy atom. The van der Waals surface area contributed by atoms with Crippen molar-refractivity contribution in [1.29, 1.82) is 0 Å². The quantitative estimate of drug-likeness (QED) is 0.702. The van der Waals surface area contributed by atoms with Crippen molar-refractivity contribution in [3.63, 3.8) is 0 Å². The third-order valence-electron chi connectivity index (χ3n) is 3.80. The van der Waals surface area contributed by atoms with E-state index in [1.807, 2.05) is 18.3 Å². The van der Waals surface area contributed by atoms with Crippen molar-refractivity contribution in [2.75, 3.05) is 13.6 Å². The lowest BCUT2D eigenvalue weighted by Crippen LogP contribution is -2.21. The van der Waals surface area contributed by atoms with E-state index in [2.05, 4.69) is 65.5 Å². The van der Waals surface area contributed by atoms with Gasteiger partial charge in [0.1, 0.15) is 0 Å². The van der Waals surface area contributed by atoms with Crippen LogP contribution in [0.1, 0.15) is 11.3 Å². The van der Waals surface area contributed by atoms with Gasteiger partial charge in [0.25, 0.3) is 0 Å². The van der Waals surface area contributed by atoms with Gasteiger partial charge in [0.2, 0.25) is 0 Å². The van der Waals surface area contributed by atoms with Crippen LogP contribution in [0, 0.1) is 0 Å². The molecule has 0 saturated carbocycles. The number of benzene rings is 2. The maximum absolute atomic E-state index is 4.38. The highest BCUT2D eigenvalue weighted by Crippen LogP contribution is 2.19. The standard InChI is InChI=1S/C19H20N2/c1-21(14-12-18-10-4-5-13-20-18)15-17-9-6-8-16-7-2-3-11-19(16)17/h2-11,13H,12,14-15H2,1H3. The van der Waals surface area contributed by atoms with E-state index in [-0.39, 0.29) is 0 Å². The van der Waals surface area contributed by atoms with Gasteiger partial charge < -0.3 is 4.90 Å². The molecule has 2 heteroatoms. The molecule has 1 heterocycles. The van der Waals surface area contributed by atoms with E-state index in [1.54, 1.807) is 0 Å². The van der Waals surface area contributed by atoms with Crippen LogP contribution in [0.4, 0.5) is 0 Å². The first kappa shape index (κ1) is 13.8. The fraction of sp³-hybridized carbons (Fsp3) is 0.211. The third kappa shape index (κ3) is 3.47. The largest absolute Gasteiger partial charge is 0.302 e. The summed E-state index contributed by atoms with van der Waals surface area (Å²) in [4.78, 5) is 6.74. The van der Waals surface area contributed by atoms with Crippen molar-refractivity contribution >= 4 is 10.8 Å². The molecule has 2 nitrogen and oxygen atoms in total. The molecule has 0 fully saturated rings. The summed E-state index contributed by atoms with van der Waals surface area (Å²) < 4.78 is 0. The zero-order valence-electron chi connectivity index (χ0n) is 12.4. The lowest BCUT2D eigenvalue weighted by molar-refractivity contribution is 0.331. The monoisotopic (exact) mass is 276 g/mol. The molecule has 3 rings (SSSR count). The lowest BCUT2D eigenvalue weighted by atomic mass is 10.0. The first-order valence-corrected chi connectivity index (χ1v) is 7.38. The summed E-state index contributed by atoms with van der Waals surface area (Å²) in [7, 11) is 2.17. The highest BCUT2D eigenvalue weighted by atomic mass is 15.1. The van der Waals surface area contributed by atoms with Gasteiger partial charge in [-0.2, -0.15) is 0 Å². The Balaban J connectivity index is 1.67. The van der Waals surface area contributed by atoms with Gasteiger partial charge in [-0.15, -0.1) is 0 Å². The average Bonchev–Trinajstić information content (AvgIpc) is 2.54. The summed E-state index contributed by atoms with van der Waals surface area (Å²) in [5, 5.41) is 2.66. The molecule has 1 aromatic heterocycles. The summed E-state index contributed by atoms with van der Waals surface area (Å²) in [5.74, 6) is 0. The zero-order chi connectivity index (χ0) is 14.5. The van der Waals surface area contributed by atoms with Crippen molar-refractivity contribution in [1.82, 2.24) is 9.88 Å². The van der Waals surface area contributed by atoms with Crippen LogP contribution in [0.15, 0.2) is 66.9 Å². The van der Waals surface area contributed by atoms with Crippen LogP contribution in [-0.4, -0.2) is 23.5 Å². The van der Waals surface area contributed by atoms with Gasteiger partial charge in [-0.25, -0.2) is 0 Å². The molecule has 0 unspecified atom stereocenters. The van der Waals surface area contributed by atoms with Gasteiger partial charge in [-0.1, -0.05) is 48.5 Å². The van der Waals surface area contributed by atoms with Gasteiger partial charge in [-0.05, 0) is 35.5 Å². The van der Waals surface area contributed by atoms with Crippen molar-refractivity contribution in [2.24, 2.45) is 0 Å². The minimum atomic E-state index is 0.966. The highest BCUT2D eigenvalue weighted by molar-refractivity contribution is 5.85. The number of likely N-dealkylation sites (N-methyl/N-ethyl adjacent to an activating group) is 1. The Kier molecular flexibility index (Phi) is 4.27. The molecule has 0 amide bonds. The second-order valence-electron chi connectivity index (χ2n) is 5.45. The molecular weight excluding hydrogens is 256 g/mol. The van der Waals surface area contributed by atoms with Gasteiger partial charge in [0.15, 0.2) is 0 Å². The van der Waals surface area contributed by atoms with E-state index in [0.717, 1.165) is 25.2 Å². The molecular formula is C19H20N2. The minimum Gasteiger partial charge on any atom is -0.302 e. The number of pyridine rings is 1. The van der Waals surface area contributed by atoms with Gasteiger partial charge in [-0.3, -0.25) is 4.98 Å². The fourth-order valence-corrected chi connectivity index (χ4v) is 2.65. The first-order chi connectivity index (χ1) is 10.3. The minimum absolute atomic E-state index is 0.966. The Hall–Kier alpha value is -2.19. The van der Waals surface area contributed by atoms with Crippen LogP contribution in [-0.2, 0) is 13.0 Å². The topological polar surface area (TPSA) is 16.1 Å². The molecule has 0 saturated heterocycles. The molecule has 0 aliphatic carbocycles. The molecule has 21 heavy (non-hydrogen) atoms. The molecule has 106 valence electrons. The zero-order valence-corrected chi connectivity index (χ0v) is 12.4. The van der Waals surface area contributed by atoms with Crippen molar-refractivity contribution in [2.45, 2.75) is 13.0 Å².